The molecular formula is C14H13N3O6S2. The highest BCUT2D eigenvalue weighted by atomic mass is 32.2. The summed E-state index contributed by atoms with van der Waals surface area (Å²) in [6.07, 6.45) is -1.15. The maximum atomic E-state index is 12.2. The van der Waals surface area contributed by atoms with Gasteiger partial charge in [-0.15, -0.1) is 11.3 Å². The molecule has 1 amide bonds. The Hall–Kier alpha value is -2.50. The smallest absolute Gasteiger partial charge is 0.415 e. The number of cyclic esters (lactones) is 1. The number of hydrogen-bond acceptors (Lipinski definition) is 7. The van der Waals surface area contributed by atoms with Crippen LogP contribution in [0.2, 0.25) is 0 Å². The van der Waals surface area contributed by atoms with Crippen molar-refractivity contribution in [3.8, 4) is 0 Å². The minimum absolute atomic E-state index is 0.0903. The van der Waals surface area contributed by atoms with Crippen molar-refractivity contribution in [3.63, 3.8) is 0 Å². The van der Waals surface area contributed by atoms with E-state index in [-0.39, 0.29) is 23.7 Å². The van der Waals surface area contributed by atoms with Gasteiger partial charge >= 0.3 is 6.09 Å². The van der Waals surface area contributed by atoms with Crippen LogP contribution in [0, 0.1) is 10.1 Å². The summed E-state index contributed by atoms with van der Waals surface area (Å²) in [5.41, 5.74) is -0.199. The van der Waals surface area contributed by atoms with Gasteiger partial charge in [-0.3, -0.25) is 15.0 Å². The number of benzene rings is 1. The number of nitro groups is 1. The third-order valence-corrected chi connectivity index (χ3v) is 5.84. The third-order valence-electron chi connectivity index (χ3n) is 3.51. The molecular weight excluding hydrogens is 370 g/mol. The number of rotatable bonds is 6. The van der Waals surface area contributed by atoms with Gasteiger partial charge in [-0.1, -0.05) is 0 Å². The molecule has 0 saturated carbocycles. The van der Waals surface area contributed by atoms with Crippen LogP contribution in [0.3, 0.4) is 0 Å². The number of carbonyl (C=O) groups is 1. The first-order valence-corrected chi connectivity index (χ1v) is 9.49. The molecule has 0 aliphatic carbocycles. The Morgan fingerprint density at radius 3 is 2.64 bits per heavy atom. The molecule has 1 aromatic heterocycles. The number of non-ortho nitro benzene ring substituents is 1. The first-order valence-electron chi connectivity index (χ1n) is 7.12. The van der Waals surface area contributed by atoms with E-state index in [9.17, 15) is 23.3 Å². The minimum atomic E-state index is -3.86. The molecule has 0 bridgehead atoms. The van der Waals surface area contributed by atoms with E-state index in [2.05, 4.69) is 4.72 Å². The molecule has 9 nitrogen and oxygen atoms in total. The highest BCUT2D eigenvalue weighted by Crippen LogP contribution is 2.26. The zero-order valence-electron chi connectivity index (χ0n) is 12.7. The van der Waals surface area contributed by atoms with Gasteiger partial charge < -0.3 is 4.74 Å². The van der Waals surface area contributed by atoms with E-state index < -0.39 is 27.1 Å². The molecule has 2 heterocycles. The van der Waals surface area contributed by atoms with Crippen molar-refractivity contribution in [1.82, 2.24) is 4.72 Å². The highest BCUT2D eigenvalue weighted by Gasteiger charge is 2.33. The molecule has 1 aromatic carbocycles. The Morgan fingerprint density at radius 1 is 1.32 bits per heavy atom. The summed E-state index contributed by atoms with van der Waals surface area (Å²) in [4.78, 5) is 23.2. The Bertz CT molecular complexity index is 880. The molecule has 1 unspecified atom stereocenters. The number of carbonyl (C=O) groups excluding carboxylic acids is 1. The number of nitro benzene ring substituents is 1. The normalized spacial score (nSPS) is 17.5. The van der Waals surface area contributed by atoms with E-state index >= 15 is 0 Å². The molecule has 132 valence electrons. The molecule has 25 heavy (non-hydrogen) atoms. The first-order chi connectivity index (χ1) is 11.9. The van der Waals surface area contributed by atoms with E-state index in [0.29, 0.717) is 0 Å². The second-order valence-electron chi connectivity index (χ2n) is 5.17. The van der Waals surface area contributed by atoms with Crippen LogP contribution in [0.15, 0.2) is 46.7 Å². The van der Waals surface area contributed by atoms with Crippen LogP contribution >= 0.6 is 11.3 Å². The molecule has 1 aliphatic heterocycles. The second kappa shape index (κ2) is 6.78. The maximum absolute atomic E-state index is 12.2. The van der Waals surface area contributed by atoms with Gasteiger partial charge in [0.25, 0.3) is 5.69 Å². The average Bonchev–Trinajstić information content (AvgIpc) is 3.22. The topological polar surface area (TPSA) is 119 Å². The van der Waals surface area contributed by atoms with Crippen molar-refractivity contribution in [1.29, 1.82) is 0 Å². The van der Waals surface area contributed by atoms with Gasteiger partial charge in [0.2, 0.25) is 10.0 Å². The quantitative estimate of drug-likeness (QED) is 0.602. The molecule has 1 N–H and O–H groups in total. The molecule has 1 atom stereocenters. The third kappa shape index (κ3) is 3.78. The Kier molecular flexibility index (Phi) is 4.70. The lowest BCUT2D eigenvalue weighted by atomic mass is 10.3. The van der Waals surface area contributed by atoms with Crippen molar-refractivity contribution in [2.45, 2.75) is 11.0 Å². The fraction of sp³-hybridized carbons (Fsp3) is 0.214. The summed E-state index contributed by atoms with van der Waals surface area (Å²) in [6, 6.07) is 8.11. The Morgan fingerprint density at radius 2 is 2.04 bits per heavy atom. The standard InChI is InChI=1S/C14H13N3O6S2/c18-14-16(13-2-1-7-24-13)9-11(23-14)8-15-25(21,22)12-5-3-10(4-6-12)17(19)20/h1-7,11,15H,8-9H2. The fourth-order valence-electron chi connectivity index (χ4n) is 2.26. The number of sulfonamides is 1. The van der Waals surface area contributed by atoms with Crippen LogP contribution in [0.4, 0.5) is 15.5 Å². The Balaban J connectivity index is 1.63. The second-order valence-corrected chi connectivity index (χ2v) is 7.86. The van der Waals surface area contributed by atoms with Crippen molar-refractivity contribution in [2.24, 2.45) is 0 Å². The summed E-state index contributed by atoms with van der Waals surface area (Å²) in [7, 11) is -3.86. The maximum Gasteiger partial charge on any atom is 0.415 e. The molecule has 0 radical (unpaired) electrons. The SMILES string of the molecule is O=C1OC(CNS(=O)(=O)c2ccc([N+](=O)[O-])cc2)CN1c1cccs1. The number of amides is 1. The van der Waals surface area contributed by atoms with Gasteiger partial charge in [0.05, 0.1) is 16.4 Å². The van der Waals surface area contributed by atoms with Gasteiger partial charge in [-0.05, 0) is 29.6 Å². The molecule has 2 aromatic rings. The number of anilines is 1. The van der Waals surface area contributed by atoms with E-state index in [1.54, 1.807) is 12.1 Å². The van der Waals surface area contributed by atoms with E-state index in [0.717, 1.165) is 29.3 Å². The molecule has 1 aliphatic rings. The van der Waals surface area contributed by atoms with Gasteiger partial charge in [-0.25, -0.2) is 17.9 Å². The van der Waals surface area contributed by atoms with Crippen LogP contribution in [-0.2, 0) is 14.8 Å². The number of nitrogens with one attached hydrogen (secondary N) is 1. The van der Waals surface area contributed by atoms with Gasteiger partial charge in [-0.2, -0.15) is 0 Å². The van der Waals surface area contributed by atoms with E-state index in [1.165, 1.54) is 16.2 Å². The predicted molar refractivity (Wildman–Crippen MR) is 90.2 cm³/mol. The van der Waals surface area contributed by atoms with E-state index in [4.69, 9.17) is 4.74 Å². The number of ether oxygens (including phenoxy) is 1. The average molecular weight is 383 g/mol. The molecule has 0 spiro atoms. The van der Waals surface area contributed by atoms with Gasteiger partial charge in [0, 0.05) is 18.7 Å². The first kappa shape index (κ1) is 17.3. The van der Waals surface area contributed by atoms with Crippen molar-refractivity contribution >= 4 is 38.1 Å². The lowest BCUT2D eigenvalue weighted by Gasteiger charge is -2.11. The lowest BCUT2D eigenvalue weighted by molar-refractivity contribution is -0.384. The number of hydrogen-bond donors (Lipinski definition) is 1. The van der Waals surface area contributed by atoms with Crippen LogP contribution in [-0.4, -0.2) is 38.6 Å². The summed E-state index contributed by atoms with van der Waals surface area (Å²) < 4.78 is 32.0. The fourth-order valence-corrected chi connectivity index (χ4v) is 4.06. The lowest BCUT2D eigenvalue weighted by Crippen LogP contribution is -2.34. The van der Waals surface area contributed by atoms with Crippen molar-refractivity contribution in [2.75, 3.05) is 18.0 Å². The van der Waals surface area contributed by atoms with Crippen molar-refractivity contribution < 1.29 is 22.9 Å². The van der Waals surface area contributed by atoms with E-state index in [1.807, 2.05) is 5.38 Å². The Labute approximate surface area is 147 Å². The largest absolute Gasteiger partial charge is 0.443 e. The van der Waals surface area contributed by atoms with Crippen LogP contribution in [0.25, 0.3) is 0 Å². The van der Waals surface area contributed by atoms with Crippen LogP contribution < -0.4 is 9.62 Å². The number of thiophene rings is 1. The number of nitrogens with zero attached hydrogens (tertiary/aromatic N) is 2. The monoisotopic (exact) mass is 383 g/mol. The summed E-state index contributed by atoms with van der Waals surface area (Å²) in [5, 5.41) is 13.2. The molecule has 1 fully saturated rings. The molecule has 1 saturated heterocycles. The zero-order valence-corrected chi connectivity index (χ0v) is 14.3. The zero-order chi connectivity index (χ0) is 18.0. The summed E-state index contributed by atoms with van der Waals surface area (Å²) in [5.74, 6) is 0. The predicted octanol–water partition coefficient (Wildman–Crippen LogP) is 1.96. The minimum Gasteiger partial charge on any atom is -0.443 e. The van der Waals surface area contributed by atoms with Gasteiger partial charge in [0.15, 0.2) is 0 Å². The van der Waals surface area contributed by atoms with Crippen LogP contribution in [0.1, 0.15) is 0 Å². The summed E-state index contributed by atoms with van der Waals surface area (Å²) >= 11 is 1.38. The molecule has 3 rings (SSSR count). The molecule has 11 heteroatoms. The van der Waals surface area contributed by atoms with Gasteiger partial charge in [0.1, 0.15) is 11.1 Å². The highest BCUT2D eigenvalue weighted by molar-refractivity contribution is 7.89. The summed E-state index contributed by atoms with van der Waals surface area (Å²) in [6.45, 7) is 0.148. The van der Waals surface area contributed by atoms with Crippen LogP contribution in [0.5, 0.6) is 0 Å². The van der Waals surface area contributed by atoms with Crippen molar-refractivity contribution in [3.05, 3.63) is 51.9 Å².